The van der Waals surface area contributed by atoms with Gasteiger partial charge in [0.1, 0.15) is 0 Å². The Labute approximate surface area is 111 Å². The lowest BCUT2D eigenvalue weighted by Gasteiger charge is -2.06. The Balaban J connectivity index is 2.26. The third-order valence-electron chi connectivity index (χ3n) is 2.33. The zero-order valence-corrected chi connectivity index (χ0v) is 10.8. The minimum Gasteiger partial charge on any atom is -0.452 e. The Morgan fingerprint density at radius 1 is 1.26 bits per heavy atom. The van der Waals surface area contributed by atoms with Crippen LogP contribution in [0.5, 0.6) is 0 Å². The topological polar surface area (TPSA) is 90.6 Å². The van der Waals surface area contributed by atoms with E-state index < -0.39 is 5.97 Å². The van der Waals surface area contributed by atoms with E-state index in [0.29, 0.717) is 30.8 Å². The summed E-state index contributed by atoms with van der Waals surface area (Å²) in [5.41, 5.74) is 6.43. The first-order valence-electron chi connectivity index (χ1n) is 5.92. The molecule has 0 aromatic heterocycles. The molecule has 0 saturated heterocycles. The van der Waals surface area contributed by atoms with Crippen LogP contribution in [-0.2, 0) is 14.3 Å². The highest BCUT2D eigenvalue weighted by atomic mass is 16.5. The summed E-state index contributed by atoms with van der Waals surface area (Å²) in [6.07, 6.45) is 0.716. The monoisotopic (exact) mass is 266 g/mol. The van der Waals surface area contributed by atoms with E-state index >= 15 is 0 Å². The number of rotatable bonds is 7. The van der Waals surface area contributed by atoms with E-state index in [4.69, 9.17) is 15.2 Å². The van der Waals surface area contributed by atoms with Gasteiger partial charge in [0.25, 0.3) is 5.91 Å². The third kappa shape index (κ3) is 5.87. The van der Waals surface area contributed by atoms with Crippen molar-refractivity contribution in [1.82, 2.24) is 5.32 Å². The third-order valence-corrected chi connectivity index (χ3v) is 2.33. The summed E-state index contributed by atoms with van der Waals surface area (Å²) >= 11 is 0. The zero-order chi connectivity index (χ0) is 14.1. The van der Waals surface area contributed by atoms with Crippen molar-refractivity contribution in [1.29, 1.82) is 0 Å². The number of carbonyl (C=O) groups excluding carboxylic acids is 2. The molecule has 6 heteroatoms. The number of hydrogen-bond donors (Lipinski definition) is 2. The molecule has 1 aromatic rings. The van der Waals surface area contributed by atoms with Gasteiger partial charge in [-0.2, -0.15) is 0 Å². The number of carbonyl (C=O) groups is 2. The molecular weight excluding hydrogens is 248 g/mol. The van der Waals surface area contributed by atoms with E-state index in [1.54, 1.807) is 31.4 Å². The van der Waals surface area contributed by atoms with Gasteiger partial charge in [0, 0.05) is 25.9 Å². The van der Waals surface area contributed by atoms with Gasteiger partial charge in [-0.3, -0.25) is 4.79 Å². The smallest absolute Gasteiger partial charge is 0.338 e. The van der Waals surface area contributed by atoms with Crippen LogP contribution in [0.4, 0.5) is 5.69 Å². The Hall–Kier alpha value is -2.08. The highest BCUT2D eigenvalue weighted by molar-refractivity contribution is 5.91. The number of nitrogens with two attached hydrogens (primary N) is 1. The number of esters is 1. The average molecular weight is 266 g/mol. The zero-order valence-electron chi connectivity index (χ0n) is 10.8. The van der Waals surface area contributed by atoms with Gasteiger partial charge in [-0.15, -0.1) is 0 Å². The first kappa shape index (κ1) is 15.0. The van der Waals surface area contributed by atoms with Crippen LogP contribution in [0.15, 0.2) is 24.3 Å². The number of hydrogen-bond acceptors (Lipinski definition) is 5. The summed E-state index contributed by atoms with van der Waals surface area (Å²) in [7, 11) is 1.59. The van der Waals surface area contributed by atoms with E-state index in [2.05, 4.69) is 5.32 Å². The number of amides is 1. The molecule has 0 bridgehead atoms. The van der Waals surface area contributed by atoms with E-state index in [1.165, 1.54) is 0 Å². The van der Waals surface area contributed by atoms with Crippen molar-refractivity contribution < 1.29 is 19.1 Å². The highest BCUT2D eigenvalue weighted by Crippen LogP contribution is 2.06. The molecular formula is C13H18N2O4. The SMILES string of the molecule is COCCCNC(=O)COC(=O)c1ccc(N)cc1. The molecule has 0 unspecified atom stereocenters. The molecule has 1 rings (SSSR count). The number of nitrogen functional groups attached to an aromatic ring is 1. The molecule has 6 nitrogen and oxygen atoms in total. The minimum absolute atomic E-state index is 0.295. The normalized spacial score (nSPS) is 9.95. The second-order valence-corrected chi connectivity index (χ2v) is 3.89. The van der Waals surface area contributed by atoms with Crippen molar-refractivity contribution in [2.45, 2.75) is 6.42 Å². The minimum atomic E-state index is -0.549. The number of nitrogens with one attached hydrogen (secondary N) is 1. The van der Waals surface area contributed by atoms with Gasteiger partial charge < -0.3 is 20.5 Å². The molecule has 0 spiro atoms. The summed E-state index contributed by atoms with van der Waals surface area (Å²) in [5, 5.41) is 2.62. The molecule has 104 valence electrons. The number of anilines is 1. The summed E-state index contributed by atoms with van der Waals surface area (Å²) in [5.74, 6) is -0.882. The maximum Gasteiger partial charge on any atom is 0.338 e. The summed E-state index contributed by atoms with van der Waals surface area (Å²) in [6, 6.07) is 6.30. The first-order chi connectivity index (χ1) is 9.13. The molecule has 0 radical (unpaired) electrons. The quantitative estimate of drug-likeness (QED) is 0.428. The van der Waals surface area contributed by atoms with Crippen LogP contribution in [0, 0.1) is 0 Å². The fourth-order valence-electron chi connectivity index (χ4n) is 1.33. The predicted molar refractivity (Wildman–Crippen MR) is 70.6 cm³/mol. The van der Waals surface area contributed by atoms with Crippen LogP contribution in [-0.4, -0.2) is 38.7 Å². The molecule has 1 amide bonds. The molecule has 3 N–H and O–H groups in total. The fourth-order valence-corrected chi connectivity index (χ4v) is 1.33. The molecule has 0 heterocycles. The second kappa shape index (κ2) is 8.10. The maximum absolute atomic E-state index is 11.6. The van der Waals surface area contributed by atoms with Gasteiger partial charge in [-0.05, 0) is 30.7 Å². The van der Waals surface area contributed by atoms with Crippen LogP contribution in [0.3, 0.4) is 0 Å². The Bertz CT molecular complexity index is 417. The predicted octanol–water partition coefficient (Wildman–Crippen LogP) is 0.578. The molecule has 19 heavy (non-hydrogen) atoms. The van der Waals surface area contributed by atoms with Gasteiger partial charge in [0.05, 0.1) is 5.56 Å². The molecule has 1 aromatic carbocycles. The van der Waals surface area contributed by atoms with Crippen molar-refractivity contribution >= 4 is 17.6 Å². The molecule has 0 fully saturated rings. The molecule has 0 saturated carbocycles. The Morgan fingerprint density at radius 3 is 2.58 bits per heavy atom. The van der Waals surface area contributed by atoms with Gasteiger partial charge in [-0.25, -0.2) is 4.79 Å². The summed E-state index contributed by atoms with van der Waals surface area (Å²) in [4.78, 5) is 22.9. The molecule has 0 aliphatic rings. The van der Waals surface area contributed by atoms with Crippen LogP contribution >= 0.6 is 0 Å². The van der Waals surface area contributed by atoms with Gasteiger partial charge >= 0.3 is 5.97 Å². The average Bonchev–Trinajstić information content (AvgIpc) is 2.42. The van der Waals surface area contributed by atoms with E-state index in [0.717, 1.165) is 0 Å². The van der Waals surface area contributed by atoms with Crippen LogP contribution in [0.1, 0.15) is 16.8 Å². The van der Waals surface area contributed by atoms with Crippen molar-refractivity contribution in [3.05, 3.63) is 29.8 Å². The van der Waals surface area contributed by atoms with E-state index in [1.807, 2.05) is 0 Å². The number of benzene rings is 1. The number of ether oxygens (including phenoxy) is 2. The maximum atomic E-state index is 11.6. The van der Waals surface area contributed by atoms with Crippen LogP contribution in [0.2, 0.25) is 0 Å². The van der Waals surface area contributed by atoms with E-state index in [9.17, 15) is 9.59 Å². The van der Waals surface area contributed by atoms with Gasteiger partial charge in [0.15, 0.2) is 6.61 Å². The van der Waals surface area contributed by atoms with Crippen molar-refractivity contribution in [2.75, 3.05) is 32.6 Å². The van der Waals surface area contributed by atoms with Gasteiger partial charge in [0.2, 0.25) is 0 Å². The van der Waals surface area contributed by atoms with Crippen LogP contribution in [0.25, 0.3) is 0 Å². The van der Waals surface area contributed by atoms with Crippen molar-refractivity contribution in [3.8, 4) is 0 Å². The summed E-state index contributed by atoms with van der Waals surface area (Å²) in [6.45, 7) is 0.772. The fraction of sp³-hybridized carbons (Fsp3) is 0.385. The molecule has 0 atom stereocenters. The van der Waals surface area contributed by atoms with Crippen molar-refractivity contribution in [3.63, 3.8) is 0 Å². The van der Waals surface area contributed by atoms with Gasteiger partial charge in [-0.1, -0.05) is 0 Å². The van der Waals surface area contributed by atoms with E-state index in [-0.39, 0.29) is 12.5 Å². The van der Waals surface area contributed by atoms with Crippen molar-refractivity contribution in [2.24, 2.45) is 0 Å². The number of methoxy groups -OCH3 is 1. The second-order valence-electron chi connectivity index (χ2n) is 3.89. The standard InChI is InChI=1S/C13H18N2O4/c1-18-8-2-7-15-12(16)9-19-13(17)10-3-5-11(14)6-4-10/h3-6H,2,7-9,14H2,1H3,(H,15,16). The molecule has 0 aliphatic carbocycles. The first-order valence-corrected chi connectivity index (χ1v) is 5.92. The lowest BCUT2D eigenvalue weighted by Crippen LogP contribution is -2.30. The summed E-state index contributed by atoms with van der Waals surface area (Å²) < 4.78 is 9.71. The highest BCUT2D eigenvalue weighted by Gasteiger charge is 2.09. The lowest BCUT2D eigenvalue weighted by molar-refractivity contribution is -0.124. The van der Waals surface area contributed by atoms with Crippen LogP contribution < -0.4 is 11.1 Å². The Kier molecular flexibility index (Phi) is 6.38. The lowest BCUT2D eigenvalue weighted by atomic mass is 10.2. The Morgan fingerprint density at radius 2 is 1.95 bits per heavy atom. The largest absolute Gasteiger partial charge is 0.452 e. The molecule has 0 aliphatic heterocycles.